The smallest absolute Gasteiger partial charge is 0.331 e. The van der Waals surface area contributed by atoms with Crippen molar-refractivity contribution < 1.29 is 33.4 Å². The van der Waals surface area contributed by atoms with Crippen LogP contribution in [0, 0.1) is 0 Å². The number of primary amides is 1. The number of carbonyl (C=O) groups is 4. The van der Waals surface area contributed by atoms with Crippen LogP contribution in [0.4, 0.5) is 9.59 Å². The van der Waals surface area contributed by atoms with Crippen molar-refractivity contribution in [1.82, 2.24) is 15.5 Å². The number of amides is 6. The van der Waals surface area contributed by atoms with E-state index in [1.807, 2.05) is 0 Å². The van der Waals surface area contributed by atoms with Gasteiger partial charge in [0.2, 0.25) is 5.75 Å². The standard InChI is InChI=1S/C21H28N4O7/c1-30-15-11-13(12-16(31-2)17(15)32-3)10-14-18(26)24-21(29)25(19(14)27)9-7-5-4-6-8-23-20(22)28/h10-12H,4-9H2,1-3H3,(H3,22,23,28)(H,24,26,29)/b14-10-. The molecule has 2 rings (SSSR count). The molecule has 1 heterocycles. The Labute approximate surface area is 185 Å². The van der Waals surface area contributed by atoms with E-state index in [9.17, 15) is 19.2 Å². The molecular formula is C21H28N4O7. The summed E-state index contributed by atoms with van der Waals surface area (Å²) in [6, 6.07) is 1.86. The largest absolute Gasteiger partial charge is 0.493 e. The molecule has 0 aliphatic carbocycles. The molecule has 1 aliphatic heterocycles. The van der Waals surface area contributed by atoms with Gasteiger partial charge in [0.15, 0.2) is 11.5 Å². The lowest BCUT2D eigenvalue weighted by molar-refractivity contribution is -0.130. The van der Waals surface area contributed by atoms with Gasteiger partial charge in [0, 0.05) is 13.1 Å². The summed E-state index contributed by atoms with van der Waals surface area (Å²) in [4.78, 5) is 49.0. The number of urea groups is 2. The highest BCUT2D eigenvalue weighted by atomic mass is 16.5. The van der Waals surface area contributed by atoms with E-state index in [0.717, 1.165) is 24.2 Å². The van der Waals surface area contributed by atoms with E-state index in [2.05, 4.69) is 10.6 Å². The third kappa shape index (κ3) is 6.13. The zero-order valence-electron chi connectivity index (χ0n) is 18.4. The zero-order valence-corrected chi connectivity index (χ0v) is 18.4. The molecule has 6 amide bonds. The normalized spacial score (nSPS) is 14.9. The summed E-state index contributed by atoms with van der Waals surface area (Å²) in [6.07, 6.45) is 4.18. The summed E-state index contributed by atoms with van der Waals surface area (Å²) >= 11 is 0. The maximum atomic E-state index is 12.9. The topological polar surface area (TPSA) is 149 Å². The van der Waals surface area contributed by atoms with Crippen LogP contribution < -0.4 is 30.6 Å². The Morgan fingerprint density at radius 1 is 1.03 bits per heavy atom. The number of rotatable bonds is 11. The van der Waals surface area contributed by atoms with Crippen molar-refractivity contribution in [2.75, 3.05) is 34.4 Å². The molecule has 4 N–H and O–H groups in total. The van der Waals surface area contributed by atoms with E-state index < -0.39 is 23.9 Å². The average Bonchev–Trinajstić information content (AvgIpc) is 2.76. The first-order chi connectivity index (χ1) is 15.3. The van der Waals surface area contributed by atoms with E-state index >= 15 is 0 Å². The van der Waals surface area contributed by atoms with Crippen LogP contribution in [0.1, 0.15) is 31.2 Å². The Kier molecular flexibility index (Phi) is 8.87. The monoisotopic (exact) mass is 448 g/mol. The van der Waals surface area contributed by atoms with Crippen LogP contribution in [0.2, 0.25) is 0 Å². The fourth-order valence-electron chi connectivity index (χ4n) is 3.21. The second-order valence-corrected chi connectivity index (χ2v) is 6.94. The van der Waals surface area contributed by atoms with Crippen LogP contribution in [-0.4, -0.2) is 63.2 Å². The molecule has 1 aromatic rings. The summed E-state index contributed by atoms with van der Waals surface area (Å²) in [7, 11) is 4.38. The molecule has 1 saturated heterocycles. The van der Waals surface area contributed by atoms with Gasteiger partial charge in [-0.1, -0.05) is 12.8 Å². The van der Waals surface area contributed by atoms with E-state index in [4.69, 9.17) is 19.9 Å². The molecule has 0 spiro atoms. The summed E-state index contributed by atoms with van der Waals surface area (Å²) in [5.41, 5.74) is 5.29. The van der Waals surface area contributed by atoms with Crippen molar-refractivity contribution in [3.05, 3.63) is 23.3 Å². The molecule has 11 heteroatoms. The summed E-state index contributed by atoms with van der Waals surface area (Å²) in [5.74, 6) is -0.355. The van der Waals surface area contributed by atoms with Crippen LogP contribution >= 0.6 is 0 Å². The lowest BCUT2D eigenvalue weighted by Crippen LogP contribution is -2.54. The fourth-order valence-corrected chi connectivity index (χ4v) is 3.21. The third-order valence-electron chi connectivity index (χ3n) is 4.79. The number of benzene rings is 1. The van der Waals surface area contributed by atoms with Crippen molar-refractivity contribution in [1.29, 1.82) is 0 Å². The summed E-state index contributed by atoms with van der Waals surface area (Å²) < 4.78 is 15.9. The molecule has 0 unspecified atom stereocenters. The number of methoxy groups -OCH3 is 3. The second kappa shape index (κ2) is 11.6. The van der Waals surface area contributed by atoms with E-state index in [0.29, 0.717) is 35.8 Å². The molecule has 1 fully saturated rings. The third-order valence-corrected chi connectivity index (χ3v) is 4.79. The van der Waals surface area contributed by atoms with Crippen molar-refractivity contribution in [3.8, 4) is 17.2 Å². The van der Waals surface area contributed by atoms with Crippen LogP contribution in [0.15, 0.2) is 17.7 Å². The van der Waals surface area contributed by atoms with E-state index in [1.54, 1.807) is 12.1 Å². The first-order valence-electron chi connectivity index (χ1n) is 10.0. The highest BCUT2D eigenvalue weighted by molar-refractivity contribution is 6.31. The summed E-state index contributed by atoms with van der Waals surface area (Å²) in [6.45, 7) is 0.627. The number of hydrogen-bond donors (Lipinski definition) is 3. The first kappa shape index (κ1) is 24.5. The van der Waals surface area contributed by atoms with Crippen LogP contribution in [-0.2, 0) is 9.59 Å². The van der Waals surface area contributed by atoms with Gasteiger partial charge >= 0.3 is 12.1 Å². The van der Waals surface area contributed by atoms with Crippen molar-refractivity contribution in [2.24, 2.45) is 5.73 Å². The number of nitrogens with two attached hydrogens (primary N) is 1. The van der Waals surface area contributed by atoms with Crippen LogP contribution in [0.5, 0.6) is 17.2 Å². The molecule has 0 aromatic heterocycles. The van der Waals surface area contributed by atoms with Gasteiger partial charge in [-0.25, -0.2) is 9.59 Å². The van der Waals surface area contributed by atoms with Crippen molar-refractivity contribution in [2.45, 2.75) is 25.7 Å². The Morgan fingerprint density at radius 3 is 2.22 bits per heavy atom. The number of unbranched alkanes of at least 4 members (excludes halogenated alkanes) is 3. The SMILES string of the molecule is COc1cc(/C=C2/C(=O)NC(=O)N(CCCCCCNC(N)=O)C2=O)cc(OC)c1OC. The number of carbonyl (C=O) groups excluding carboxylic acids is 4. The van der Waals surface area contributed by atoms with Gasteiger partial charge < -0.3 is 25.3 Å². The average molecular weight is 448 g/mol. The van der Waals surface area contributed by atoms with Crippen molar-refractivity contribution >= 4 is 30.0 Å². The fraction of sp³-hybridized carbons (Fsp3) is 0.429. The van der Waals surface area contributed by atoms with E-state index in [1.165, 1.54) is 27.4 Å². The van der Waals surface area contributed by atoms with Crippen LogP contribution in [0.3, 0.4) is 0 Å². The molecule has 32 heavy (non-hydrogen) atoms. The highest BCUT2D eigenvalue weighted by Gasteiger charge is 2.35. The zero-order chi connectivity index (χ0) is 23.7. The first-order valence-corrected chi connectivity index (χ1v) is 10.0. The van der Waals surface area contributed by atoms with Gasteiger partial charge in [0.1, 0.15) is 5.57 Å². The lowest BCUT2D eigenvalue weighted by atomic mass is 10.1. The molecule has 1 aliphatic rings. The predicted molar refractivity (Wildman–Crippen MR) is 115 cm³/mol. The van der Waals surface area contributed by atoms with E-state index in [-0.39, 0.29) is 12.1 Å². The maximum absolute atomic E-state index is 12.9. The molecule has 0 saturated carbocycles. The number of nitrogens with one attached hydrogen (secondary N) is 2. The number of nitrogens with zero attached hydrogens (tertiary/aromatic N) is 1. The Hall–Kier alpha value is -3.76. The van der Waals surface area contributed by atoms with Crippen molar-refractivity contribution in [3.63, 3.8) is 0 Å². The van der Waals surface area contributed by atoms with Gasteiger partial charge in [-0.15, -0.1) is 0 Å². The number of imide groups is 2. The minimum absolute atomic E-state index is 0.161. The van der Waals surface area contributed by atoms with Crippen LogP contribution in [0.25, 0.3) is 6.08 Å². The van der Waals surface area contributed by atoms with Gasteiger partial charge in [-0.05, 0) is 36.6 Å². The predicted octanol–water partition coefficient (Wildman–Crippen LogP) is 1.40. The number of ether oxygens (including phenoxy) is 3. The number of barbiturate groups is 1. The Morgan fingerprint density at radius 2 is 1.66 bits per heavy atom. The molecule has 0 atom stereocenters. The van der Waals surface area contributed by atoms with Gasteiger partial charge in [0.25, 0.3) is 11.8 Å². The minimum atomic E-state index is -0.775. The van der Waals surface area contributed by atoms with Gasteiger partial charge in [0.05, 0.1) is 21.3 Å². The second-order valence-electron chi connectivity index (χ2n) is 6.94. The van der Waals surface area contributed by atoms with Gasteiger partial charge in [-0.3, -0.25) is 19.8 Å². The highest BCUT2D eigenvalue weighted by Crippen LogP contribution is 2.38. The Bertz CT molecular complexity index is 888. The lowest BCUT2D eigenvalue weighted by Gasteiger charge is -2.26. The molecule has 174 valence electrons. The van der Waals surface area contributed by atoms with Gasteiger partial charge in [-0.2, -0.15) is 0 Å². The Balaban J connectivity index is 2.11. The molecular weight excluding hydrogens is 420 g/mol. The quantitative estimate of drug-likeness (QED) is 0.263. The molecule has 0 bridgehead atoms. The maximum Gasteiger partial charge on any atom is 0.331 e. The molecule has 1 aromatic carbocycles. The molecule has 0 radical (unpaired) electrons. The molecule has 11 nitrogen and oxygen atoms in total. The minimum Gasteiger partial charge on any atom is -0.493 e. The number of hydrogen-bond acceptors (Lipinski definition) is 7. The summed E-state index contributed by atoms with van der Waals surface area (Å²) in [5, 5.41) is 4.69.